The molecule has 0 bridgehead atoms. The third kappa shape index (κ3) is 4.04. The molecule has 0 aliphatic carbocycles. The molecule has 5 heteroatoms. The molecule has 0 N–H and O–H groups in total. The molecule has 0 aliphatic rings. The largest absolute Gasteiger partial charge is 0.308 e. The molecule has 0 saturated heterocycles. The maximum Gasteiger partial charge on any atom is 0.260 e. The van der Waals surface area contributed by atoms with E-state index in [2.05, 4.69) is 37.8 Å². The van der Waals surface area contributed by atoms with Crippen molar-refractivity contribution in [1.29, 1.82) is 0 Å². The molecule has 142 valence electrons. The molecule has 0 fully saturated rings. The quantitative estimate of drug-likeness (QED) is 0.640. The Morgan fingerprint density at radius 2 is 1.67 bits per heavy atom. The van der Waals surface area contributed by atoms with Gasteiger partial charge < -0.3 is 4.90 Å². The molecule has 0 radical (unpaired) electrons. The molecule has 1 aromatic heterocycles. The molecule has 0 aliphatic heterocycles. The minimum atomic E-state index is 0.00776. The Labute approximate surface area is 165 Å². The summed E-state index contributed by atoms with van der Waals surface area (Å²) in [7, 11) is 4.04. The second-order valence-corrected chi connectivity index (χ2v) is 8.42. The van der Waals surface area contributed by atoms with E-state index in [9.17, 15) is 4.79 Å². The normalized spacial score (nSPS) is 11.4. The number of likely N-dealkylation sites (N-methyl/N-ethyl adjacent to an activating group) is 1. The smallest absolute Gasteiger partial charge is 0.260 e. The summed E-state index contributed by atoms with van der Waals surface area (Å²) in [6.07, 6.45) is 0. The van der Waals surface area contributed by atoms with Crippen LogP contribution in [0, 0.1) is 27.7 Å². The lowest BCUT2D eigenvalue weighted by molar-refractivity contribution is 0.0985. The Hall–Kier alpha value is -2.24. The monoisotopic (exact) mass is 381 g/mol. The van der Waals surface area contributed by atoms with E-state index in [0.717, 1.165) is 27.5 Å². The molecule has 3 rings (SSSR count). The number of anilines is 1. The van der Waals surface area contributed by atoms with Crippen molar-refractivity contribution in [2.45, 2.75) is 27.7 Å². The van der Waals surface area contributed by atoms with E-state index < -0.39 is 0 Å². The average Bonchev–Trinajstić information content (AvgIpc) is 3.05. The van der Waals surface area contributed by atoms with Gasteiger partial charge in [-0.15, -0.1) is 0 Å². The minimum absolute atomic E-state index is 0.00776. The third-order valence-electron chi connectivity index (χ3n) is 5.07. The van der Waals surface area contributed by atoms with Crippen LogP contribution in [0.5, 0.6) is 0 Å². The van der Waals surface area contributed by atoms with Crippen molar-refractivity contribution in [2.75, 3.05) is 32.1 Å². The second kappa shape index (κ2) is 7.79. The van der Waals surface area contributed by atoms with Gasteiger partial charge in [0.15, 0.2) is 5.13 Å². The summed E-state index contributed by atoms with van der Waals surface area (Å²) >= 11 is 1.59. The first-order valence-electron chi connectivity index (χ1n) is 9.18. The molecule has 0 saturated carbocycles. The van der Waals surface area contributed by atoms with Gasteiger partial charge in [0, 0.05) is 18.7 Å². The number of rotatable bonds is 5. The standard InChI is InChI=1S/C22H27N3OS/c1-14-7-9-18(13-16(14)3)21(26)25(12-11-24(5)6)22-23-20-17(4)15(2)8-10-19(20)27-22/h7-10,13H,11-12H2,1-6H3. The highest BCUT2D eigenvalue weighted by Gasteiger charge is 2.22. The van der Waals surface area contributed by atoms with Crippen molar-refractivity contribution in [3.05, 3.63) is 58.1 Å². The van der Waals surface area contributed by atoms with Gasteiger partial charge in [-0.25, -0.2) is 4.98 Å². The van der Waals surface area contributed by atoms with E-state index >= 15 is 0 Å². The SMILES string of the molecule is Cc1ccc(C(=O)N(CCN(C)C)c2nc3c(C)c(C)ccc3s2)cc1C. The summed E-state index contributed by atoms with van der Waals surface area (Å²) in [6.45, 7) is 9.68. The highest BCUT2D eigenvalue weighted by molar-refractivity contribution is 7.22. The fraction of sp³-hybridized carbons (Fsp3) is 0.364. The zero-order chi connectivity index (χ0) is 19.7. The molecule has 3 aromatic rings. The lowest BCUT2D eigenvalue weighted by Gasteiger charge is -2.22. The lowest BCUT2D eigenvalue weighted by Crippen LogP contribution is -2.36. The number of hydrogen-bond donors (Lipinski definition) is 0. The van der Waals surface area contributed by atoms with Crippen LogP contribution >= 0.6 is 11.3 Å². The number of aromatic nitrogens is 1. The van der Waals surface area contributed by atoms with E-state index in [1.165, 1.54) is 16.7 Å². The zero-order valence-corrected chi connectivity index (χ0v) is 17.8. The Morgan fingerprint density at radius 3 is 2.33 bits per heavy atom. The van der Waals surface area contributed by atoms with Gasteiger partial charge in [0.25, 0.3) is 5.91 Å². The molecule has 2 aromatic carbocycles. The molecule has 0 unspecified atom stereocenters. The van der Waals surface area contributed by atoms with Crippen LogP contribution in [0.4, 0.5) is 5.13 Å². The Bertz CT molecular complexity index is 991. The van der Waals surface area contributed by atoms with E-state index in [4.69, 9.17) is 4.98 Å². The van der Waals surface area contributed by atoms with Crippen LogP contribution in [0.25, 0.3) is 10.2 Å². The first-order chi connectivity index (χ1) is 12.8. The Morgan fingerprint density at radius 1 is 0.963 bits per heavy atom. The number of fused-ring (bicyclic) bond motifs is 1. The number of carbonyl (C=O) groups excluding carboxylic acids is 1. The molecular weight excluding hydrogens is 354 g/mol. The van der Waals surface area contributed by atoms with Crippen LogP contribution in [0.2, 0.25) is 0 Å². The van der Waals surface area contributed by atoms with Crippen LogP contribution in [-0.2, 0) is 0 Å². The maximum atomic E-state index is 13.3. The van der Waals surface area contributed by atoms with Gasteiger partial charge in [0.05, 0.1) is 10.2 Å². The Balaban J connectivity index is 2.03. The number of aryl methyl sites for hydroxylation is 4. The average molecular weight is 382 g/mol. The van der Waals surface area contributed by atoms with Gasteiger partial charge in [-0.3, -0.25) is 9.69 Å². The summed E-state index contributed by atoms with van der Waals surface area (Å²) in [5.41, 5.74) is 6.43. The van der Waals surface area contributed by atoms with Gasteiger partial charge in [-0.05, 0) is 82.2 Å². The summed E-state index contributed by atoms with van der Waals surface area (Å²) in [4.78, 5) is 22.1. The maximum absolute atomic E-state index is 13.3. The lowest BCUT2D eigenvalue weighted by atomic mass is 10.1. The number of benzene rings is 2. The van der Waals surface area contributed by atoms with Crippen LogP contribution in [0.3, 0.4) is 0 Å². The van der Waals surface area contributed by atoms with Gasteiger partial charge in [0.2, 0.25) is 0 Å². The van der Waals surface area contributed by atoms with Crippen LogP contribution < -0.4 is 4.90 Å². The van der Waals surface area contributed by atoms with Gasteiger partial charge in [-0.2, -0.15) is 0 Å². The highest BCUT2D eigenvalue weighted by atomic mass is 32.1. The van der Waals surface area contributed by atoms with Gasteiger partial charge in [0.1, 0.15) is 0 Å². The Kier molecular flexibility index (Phi) is 5.63. The first-order valence-corrected chi connectivity index (χ1v) is 10.00. The molecule has 27 heavy (non-hydrogen) atoms. The second-order valence-electron chi connectivity index (χ2n) is 7.41. The summed E-state index contributed by atoms with van der Waals surface area (Å²) in [5, 5.41) is 0.767. The predicted molar refractivity (Wildman–Crippen MR) is 115 cm³/mol. The molecule has 0 atom stereocenters. The number of amides is 1. The third-order valence-corrected chi connectivity index (χ3v) is 6.12. The van der Waals surface area contributed by atoms with Crippen molar-refractivity contribution in [3.8, 4) is 0 Å². The van der Waals surface area contributed by atoms with E-state index in [1.54, 1.807) is 11.3 Å². The molecule has 1 amide bonds. The van der Waals surface area contributed by atoms with Gasteiger partial charge in [-0.1, -0.05) is 23.5 Å². The van der Waals surface area contributed by atoms with Crippen molar-refractivity contribution in [2.24, 2.45) is 0 Å². The van der Waals surface area contributed by atoms with Crippen molar-refractivity contribution in [1.82, 2.24) is 9.88 Å². The van der Waals surface area contributed by atoms with Crippen LogP contribution in [-0.4, -0.2) is 43.0 Å². The number of carbonyl (C=O) groups is 1. The van der Waals surface area contributed by atoms with Crippen molar-refractivity contribution in [3.63, 3.8) is 0 Å². The fourth-order valence-corrected chi connectivity index (χ4v) is 3.99. The van der Waals surface area contributed by atoms with Crippen LogP contribution in [0.15, 0.2) is 30.3 Å². The summed E-state index contributed by atoms with van der Waals surface area (Å²) in [5.74, 6) is 0.00776. The van der Waals surface area contributed by atoms with Crippen molar-refractivity contribution < 1.29 is 4.79 Å². The molecule has 0 spiro atoms. The van der Waals surface area contributed by atoms with E-state index in [0.29, 0.717) is 12.1 Å². The van der Waals surface area contributed by atoms with E-state index in [1.807, 2.05) is 44.1 Å². The number of nitrogens with zero attached hydrogens (tertiary/aromatic N) is 3. The summed E-state index contributed by atoms with van der Waals surface area (Å²) in [6, 6.07) is 10.1. The molecular formula is C22H27N3OS. The molecule has 4 nitrogen and oxygen atoms in total. The highest BCUT2D eigenvalue weighted by Crippen LogP contribution is 2.32. The van der Waals surface area contributed by atoms with E-state index in [-0.39, 0.29) is 5.91 Å². The topological polar surface area (TPSA) is 36.4 Å². The predicted octanol–water partition coefficient (Wildman–Crippen LogP) is 4.74. The van der Waals surface area contributed by atoms with Gasteiger partial charge >= 0.3 is 0 Å². The zero-order valence-electron chi connectivity index (χ0n) is 17.0. The number of thiazole rings is 1. The minimum Gasteiger partial charge on any atom is -0.308 e. The van der Waals surface area contributed by atoms with Crippen molar-refractivity contribution >= 4 is 32.6 Å². The molecule has 1 heterocycles. The number of hydrogen-bond acceptors (Lipinski definition) is 4. The summed E-state index contributed by atoms with van der Waals surface area (Å²) < 4.78 is 1.12. The van der Waals surface area contributed by atoms with Crippen LogP contribution in [0.1, 0.15) is 32.6 Å². The first kappa shape index (κ1) is 19.5. The fourth-order valence-electron chi connectivity index (χ4n) is 2.94.